The van der Waals surface area contributed by atoms with Gasteiger partial charge >= 0.3 is 5.69 Å². The maximum absolute atomic E-state index is 12.2. The van der Waals surface area contributed by atoms with E-state index in [0.717, 1.165) is 22.4 Å². The van der Waals surface area contributed by atoms with Crippen molar-refractivity contribution in [3.05, 3.63) is 69.1 Å². The van der Waals surface area contributed by atoms with Crippen molar-refractivity contribution in [2.24, 2.45) is 14.1 Å². The van der Waals surface area contributed by atoms with E-state index in [0.29, 0.717) is 22.3 Å². The molecule has 2 aromatic heterocycles. The van der Waals surface area contributed by atoms with E-state index in [1.807, 2.05) is 44.3 Å². The summed E-state index contributed by atoms with van der Waals surface area (Å²) >= 11 is 6.49. The Morgan fingerprint density at radius 3 is 2.48 bits per heavy atom. The van der Waals surface area contributed by atoms with E-state index >= 15 is 0 Å². The lowest BCUT2D eigenvalue weighted by molar-refractivity contribution is 0.306. The maximum Gasteiger partial charge on any atom is 0.368 e. The molecule has 0 spiro atoms. The van der Waals surface area contributed by atoms with Gasteiger partial charge in [0.15, 0.2) is 0 Å². The van der Waals surface area contributed by atoms with Crippen LogP contribution in [0.25, 0.3) is 16.9 Å². The first-order valence-electron chi connectivity index (χ1n) is 9.48. The molecule has 160 valence electrons. The second-order valence-corrected chi connectivity index (χ2v) is 7.37. The topological polar surface area (TPSA) is 89.0 Å². The Morgan fingerprint density at radius 1 is 1.06 bits per heavy atom. The van der Waals surface area contributed by atoms with Gasteiger partial charge in [-0.15, -0.1) is 0 Å². The molecule has 31 heavy (non-hydrogen) atoms. The Bertz CT molecular complexity index is 1310. The van der Waals surface area contributed by atoms with Gasteiger partial charge in [-0.1, -0.05) is 29.8 Å². The molecule has 0 bridgehead atoms. The molecule has 0 aliphatic rings. The van der Waals surface area contributed by atoms with Gasteiger partial charge in [0.05, 0.1) is 23.5 Å². The second-order valence-electron chi connectivity index (χ2n) is 6.97. The number of nitrogens with zero attached hydrogens (tertiary/aromatic N) is 6. The van der Waals surface area contributed by atoms with Gasteiger partial charge in [0.1, 0.15) is 12.4 Å². The first-order chi connectivity index (χ1) is 14.9. The molecule has 0 amide bonds. The zero-order valence-corrected chi connectivity index (χ0v) is 18.3. The van der Waals surface area contributed by atoms with Crippen molar-refractivity contribution >= 4 is 11.6 Å². The predicted octanol–water partition coefficient (Wildman–Crippen LogP) is 2.92. The second kappa shape index (κ2) is 8.27. The van der Waals surface area contributed by atoms with E-state index in [1.165, 1.54) is 9.36 Å². The third kappa shape index (κ3) is 3.79. The fraction of sp³-hybridized carbons (Fsp3) is 0.238. The summed E-state index contributed by atoms with van der Waals surface area (Å²) in [5.74, 6) is 1.22. The van der Waals surface area contributed by atoms with Gasteiger partial charge in [0.2, 0.25) is 5.88 Å². The van der Waals surface area contributed by atoms with Crippen LogP contribution in [0.5, 0.6) is 11.6 Å². The van der Waals surface area contributed by atoms with E-state index < -0.39 is 0 Å². The predicted molar refractivity (Wildman–Crippen MR) is 116 cm³/mol. The van der Waals surface area contributed by atoms with Crippen LogP contribution in [0, 0.1) is 6.92 Å². The zero-order valence-electron chi connectivity index (χ0n) is 17.5. The number of halogens is 1. The van der Waals surface area contributed by atoms with E-state index in [4.69, 9.17) is 21.1 Å². The van der Waals surface area contributed by atoms with Crippen molar-refractivity contribution in [2.45, 2.75) is 13.5 Å². The van der Waals surface area contributed by atoms with Crippen LogP contribution >= 0.6 is 11.6 Å². The SMILES string of the molecule is COc1c(C)c(-c2ccc(OCc3ccccc3-n3nnn(C)c3=O)c(Cl)c2)nn1C. The average molecular weight is 441 g/mol. The van der Waals surface area contributed by atoms with Gasteiger partial charge in [-0.3, -0.25) is 0 Å². The Labute approximate surface area is 183 Å². The third-order valence-electron chi connectivity index (χ3n) is 4.94. The summed E-state index contributed by atoms with van der Waals surface area (Å²) in [5.41, 5.74) is 3.62. The van der Waals surface area contributed by atoms with Crippen molar-refractivity contribution in [3.63, 3.8) is 0 Å². The standard InChI is InChI=1S/C21H21ClN6O3/c1-13-19(23-26(2)20(13)30-4)14-9-10-18(16(22)11-14)31-12-15-7-5-6-8-17(15)28-21(29)27(3)24-25-28/h5-11H,12H2,1-4H3. The molecule has 10 heteroatoms. The number of para-hydroxylation sites is 1. The Kier molecular flexibility index (Phi) is 5.51. The highest BCUT2D eigenvalue weighted by atomic mass is 35.5. The summed E-state index contributed by atoms with van der Waals surface area (Å²) in [6.45, 7) is 2.15. The number of hydrogen-bond donors (Lipinski definition) is 0. The van der Waals surface area contributed by atoms with Crippen LogP contribution in [0.1, 0.15) is 11.1 Å². The van der Waals surface area contributed by atoms with Crippen LogP contribution in [0.2, 0.25) is 5.02 Å². The van der Waals surface area contributed by atoms with Crippen LogP contribution in [0.4, 0.5) is 0 Å². The van der Waals surface area contributed by atoms with Crippen molar-refractivity contribution in [3.8, 4) is 28.6 Å². The van der Waals surface area contributed by atoms with Gasteiger partial charge in [-0.05, 0) is 41.6 Å². The largest absolute Gasteiger partial charge is 0.487 e. The van der Waals surface area contributed by atoms with E-state index in [2.05, 4.69) is 15.5 Å². The monoisotopic (exact) mass is 440 g/mol. The minimum absolute atomic E-state index is 0.203. The smallest absolute Gasteiger partial charge is 0.368 e. The summed E-state index contributed by atoms with van der Waals surface area (Å²) in [5, 5.41) is 12.6. The number of aromatic nitrogens is 6. The van der Waals surface area contributed by atoms with Crippen molar-refractivity contribution < 1.29 is 9.47 Å². The van der Waals surface area contributed by atoms with Crippen LogP contribution < -0.4 is 15.2 Å². The zero-order chi connectivity index (χ0) is 22.1. The van der Waals surface area contributed by atoms with Gasteiger partial charge in [-0.25, -0.2) is 9.48 Å². The summed E-state index contributed by atoms with van der Waals surface area (Å²) in [6, 6.07) is 12.9. The number of benzene rings is 2. The molecular weight excluding hydrogens is 420 g/mol. The number of rotatable bonds is 6. The minimum atomic E-state index is -0.337. The van der Waals surface area contributed by atoms with Crippen molar-refractivity contribution in [1.29, 1.82) is 0 Å². The Morgan fingerprint density at radius 2 is 1.84 bits per heavy atom. The molecule has 4 rings (SSSR count). The van der Waals surface area contributed by atoms with Crippen LogP contribution in [0.3, 0.4) is 0 Å². The normalized spacial score (nSPS) is 11.0. The minimum Gasteiger partial charge on any atom is -0.487 e. The first kappa shape index (κ1) is 20.7. The molecule has 0 atom stereocenters. The Hall–Kier alpha value is -3.59. The van der Waals surface area contributed by atoms with Crippen molar-refractivity contribution in [2.75, 3.05) is 7.11 Å². The highest BCUT2D eigenvalue weighted by Crippen LogP contribution is 2.34. The molecule has 0 fully saturated rings. The van der Waals surface area contributed by atoms with E-state index in [1.54, 1.807) is 31.0 Å². The fourth-order valence-electron chi connectivity index (χ4n) is 3.40. The van der Waals surface area contributed by atoms with E-state index in [9.17, 15) is 4.79 Å². The van der Waals surface area contributed by atoms with E-state index in [-0.39, 0.29) is 12.3 Å². The molecule has 0 aliphatic carbocycles. The lowest BCUT2D eigenvalue weighted by Crippen LogP contribution is -2.23. The summed E-state index contributed by atoms with van der Waals surface area (Å²) in [7, 11) is 4.99. The molecule has 4 aromatic rings. The lowest BCUT2D eigenvalue weighted by atomic mass is 10.1. The number of aryl methyl sites for hydroxylation is 2. The highest BCUT2D eigenvalue weighted by molar-refractivity contribution is 6.32. The highest BCUT2D eigenvalue weighted by Gasteiger charge is 2.16. The molecule has 0 aliphatic heterocycles. The van der Waals surface area contributed by atoms with Gasteiger partial charge in [0.25, 0.3) is 0 Å². The number of ether oxygens (including phenoxy) is 2. The molecule has 9 nitrogen and oxygen atoms in total. The van der Waals surface area contributed by atoms with Crippen LogP contribution in [-0.4, -0.2) is 36.7 Å². The molecule has 2 heterocycles. The Balaban J connectivity index is 1.59. The maximum atomic E-state index is 12.2. The van der Waals surface area contributed by atoms with Crippen LogP contribution in [-0.2, 0) is 20.7 Å². The fourth-order valence-corrected chi connectivity index (χ4v) is 3.63. The summed E-state index contributed by atoms with van der Waals surface area (Å²) in [4.78, 5) is 12.2. The molecule has 0 saturated heterocycles. The number of hydrogen-bond acceptors (Lipinski definition) is 6. The van der Waals surface area contributed by atoms with Gasteiger partial charge in [-0.2, -0.15) is 14.5 Å². The quantitative estimate of drug-likeness (QED) is 0.458. The molecule has 2 aromatic carbocycles. The molecule has 0 radical (unpaired) electrons. The summed E-state index contributed by atoms with van der Waals surface area (Å²) in [6.07, 6.45) is 0. The third-order valence-corrected chi connectivity index (χ3v) is 5.24. The molecule has 0 N–H and O–H groups in total. The van der Waals surface area contributed by atoms with Crippen molar-refractivity contribution in [1.82, 2.24) is 29.6 Å². The molecule has 0 saturated carbocycles. The lowest BCUT2D eigenvalue weighted by Gasteiger charge is -2.12. The molecule has 0 unspecified atom stereocenters. The van der Waals surface area contributed by atoms with Gasteiger partial charge < -0.3 is 9.47 Å². The summed E-state index contributed by atoms with van der Waals surface area (Å²) < 4.78 is 15.4. The molecular formula is C21H21ClN6O3. The first-order valence-corrected chi connectivity index (χ1v) is 9.86. The number of tetrazole rings is 1. The average Bonchev–Trinajstić information content (AvgIpc) is 3.25. The van der Waals surface area contributed by atoms with Crippen LogP contribution in [0.15, 0.2) is 47.3 Å². The van der Waals surface area contributed by atoms with Gasteiger partial charge in [0, 0.05) is 30.8 Å². The number of methoxy groups -OCH3 is 1.